The average molecular weight is 449 g/mol. The molecular formula is C20H17ClN2O6S. The zero-order valence-electron chi connectivity index (χ0n) is 16.0. The number of nitrogens with zero attached hydrogens (tertiary/aromatic N) is 2. The molecule has 156 valence electrons. The summed E-state index contributed by atoms with van der Waals surface area (Å²) in [4.78, 5) is 24.9. The minimum absolute atomic E-state index is 0.0212. The summed E-state index contributed by atoms with van der Waals surface area (Å²) < 4.78 is 36.3. The molecule has 2 aromatic carbocycles. The number of para-hydroxylation sites is 1. The number of rotatable bonds is 6. The minimum Gasteiger partial charge on any atom is -0.461 e. The van der Waals surface area contributed by atoms with Crippen molar-refractivity contribution in [3.8, 4) is 11.4 Å². The first kappa shape index (κ1) is 21.5. The molecule has 0 bridgehead atoms. The molecule has 0 amide bonds. The molecule has 0 N–H and O–H groups in total. The Bertz CT molecular complexity index is 1250. The Balaban J connectivity index is 2.13. The van der Waals surface area contributed by atoms with Crippen LogP contribution in [0.3, 0.4) is 0 Å². The van der Waals surface area contributed by atoms with Gasteiger partial charge in [0.15, 0.2) is 5.75 Å². The highest BCUT2D eigenvalue weighted by molar-refractivity contribution is 7.87. The lowest BCUT2D eigenvalue weighted by atomic mass is 10.2. The van der Waals surface area contributed by atoms with Crippen LogP contribution in [0, 0.1) is 6.92 Å². The Hall–Kier alpha value is -3.17. The molecule has 0 aliphatic rings. The Morgan fingerprint density at radius 2 is 1.80 bits per heavy atom. The van der Waals surface area contributed by atoms with E-state index in [2.05, 4.69) is 5.10 Å². The smallest absolute Gasteiger partial charge is 0.362 e. The summed E-state index contributed by atoms with van der Waals surface area (Å²) in [7, 11) is -4.36. The van der Waals surface area contributed by atoms with Gasteiger partial charge >= 0.3 is 16.1 Å². The van der Waals surface area contributed by atoms with Gasteiger partial charge in [-0.25, -0.2) is 4.79 Å². The summed E-state index contributed by atoms with van der Waals surface area (Å²) in [6.45, 7) is 3.37. The summed E-state index contributed by atoms with van der Waals surface area (Å²) in [6.07, 6.45) is 0. The van der Waals surface area contributed by atoms with E-state index in [0.717, 1.165) is 16.3 Å². The van der Waals surface area contributed by atoms with Crippen LogP contribution < -0.4 is 9.74 Å². The molecule has 0 spiro atoms. The van der Waals surface area contributed by atoms with E-state index in [9.17, 15) is 18.0 Å². The molecule has 30 heavy (non-hydrogen) atoms. The van der Waals surface area contributed by atoms with E-state index in [1.807, 2.05) is 0 Å². The Labute approximate surface area is 177 Å². The zero-order valence-corrected chi connectivity index (χ0v) is 17.6. The zero-order chi connectivity index (χ0) is 21.9. The van der Waals surface area contributed by atoms with Gasteiger partial charge in [-0.2, -0.15) is 18.2 Å². The SMILES string of the molecule is CCOC(=O)c1nn(-c2ccccc2C)c(=O)cc1OS(=O)(=O)c1ccc(Cl)cc1. The van der Waals surface area contributed by atoms with Crippen molar-refractivity contribution < 1.29 is 22.1 Å². The standard InChI is InChI=1S/C20H17ClN2O6S/c1-3-28-20(25)19-17(29-30(26,27)15-10-8-14(21)9-11-15)12-18(24)23(22-19)16-7-5-4-6-13(16)2/h4-12H,3H2,1-2H3. The van der Waals surface area contributed by atoms with Crippen molar-refractivity contribution in [3.63, 3.8) is 0 Å². The number of benzene rings is 2. The lowest BCUT2D eigenvalue weighted by molar-refractivity contribution is 0.0515. The molecule has 10 heteroatoms. The van der Waals surface area contributed by atoms with Crippen LogP contribution in [-0.2, 0) is 14.9 Å². The van der Waals surface area contributed by atoms with E-state index in [0.29, 0.717) is 10.7 Å². The largest absolute Gasteiger partial charge is 0.461 e. The predicted octanol–water partition coefficient (Wildman–Crippen LogP) is 3.14. The van der Waals surface area contributed by atoms with Gasteiger partial charge in [-0.3, -0.25) is 4.79 Å². The molecule has 0 saturated heterocycles. The summed E-state index contributed by atoms with van der Waals surface area (Å²) in [5.74, 6) is -1.46. The summed E-state index contributed by atoms with van der Waals surface area (Å²) >= 11 is 5.78. The van der Waals surface area contributed by atoms with E-state index in [4.69, 9.17) is 20.5 Å². The highest BCUT2D eigenvalue weighted by Crippen LogP contribution is 2.23. The number of hydrogen-bond donors (Lipinski definition) is 0. The molecule has 0 atom stereocenters. The van der Waals surface area contributed by atoms with Crippen molar-refractivity contribution in [2.45, 2.75) is 18.7 Å². The van der Waals surface area contributed by atoms with Crippen LogP contribution in [0.5, 0.6) is 5.75 Å². The summed E-state index contributed by atoms with van der Waals surface area (Å²) in [5.41, 5.74) is 0.0282. The van der Waals surface area contributed by atoms with E-state index in [1.165, 1.54) is 24.3 Å². The van der Waals surface area contributed by atoms with Crippen LogP contribution in [0.1, 0.15) is 23.0 Å². The number of halogens is 1. The van der Waals surface area contributed by atoms with Gasteiger partial charge in [0.1, 0.15) is 4.90 Å². The first-order valence-electron chi connectivity index (χ1n) is 8.80. The molecule has 0 fully saturated rings. The van der Waals surface area contributed by atoms with Gasteiger partial charge in [-0.05, 0) is 49.7 Å². The van der Waals surface area contributed by atoms with Gasteiger partial charge in [0.25, 0.3) is 5.56 Å². The minimum atomic E-state index is -4.36. The van der Waals surface area contributed by atoms with Crippen molar-refractivity contribution in [2.24, 2.45) is 0 Å². The Morgan fingerprint density at radius 1 is 1.13 bits per heavy atom. The highest BCUT2D eigenvalue weighted by Gasteiger charge is 2.25. The van der Waals surface area contributed by atoms with Gasteiger partial charge in [-0.15, -0.1) is 0 Å². The van der Waals surface area contributed by atoms with E-state index >= 15 is 0 Å². The second kappa shape index (κ2) is 8.68. The Kier molecular flexibility index (Phi) is 6.23. The van der Waals surface area contributed by atoms with Crippen molar-refractivity contribution in [3.05, 3.63) is 81.2 Å². The van der Waals surface area contributed by atoms with Crippen molar-refractivity contribution in [1.82, 2.24) is 9.78 Å². The molecule has 3 rings (SSSR count). The molecular weight excluding hydrogens is 432 g/mol. The van der Waals surface area contributed by atoms with Crippen LogP contribution in [0.2, 0.25) is 5.02 Å². The Morgan fingerprint density at radius 3 is 2.43 bits per heavy atom. The van der Waals surface area contributed by atoms with Crippen LogP contribution >= 0.6 is 11.6 Å². The van der Waals surface area contributed by atoms with Crippen LogP contribution in [0.25, 0.3) is 5.69 Å². The van der Waals surface area contributed by atoms with Crippen LogP contribution in [0.15, 0.2) is 64.3 Å². The van der Waals surface area contributed by atoms with Gasteiger partial charge in [0, 0.05) is 5.02 Å². The molecule has 8 nitrogen and oxygen atoms in total. The van der Waals surface area contributed by atoms with Gasteiger partial charge in [0.2, 0.25) is 5.69 Å². The van der Waals surface area contributed by atoms with Crippen LogP contribution in [0.4, 0.5) is 0 Å². The monoisotopic (exact) mass is 448 g/mol. The lowest BCUT2D eigenvalue weighted by Crippen LogP contribution is -2.26. The van der Waals surface area contributed by atoms with Gasteiger partial charge < -0.3 is 8.92 Å². The average Bonchev–Trinajstić information content (AvgIpc) is 2.69. The fourth-order valence-electron chi connectivity index (χ4n) is 2.59. The van der Waals surface area contributed by atoms with Crippen LogP contribution in [-0.4, -0.2) is 30.8 Å². The maximum absolute atomic E-state index is 12.6. The molecule has 0 aliphatic heterocycles. The number of ether oxygens (including phenoxy) is 1. The third-order valence-electron chi connectivity index (χ3n) is 4.01. The number of hydrogen-bond acceptors (Lipinski definition) is 7. The van der Waals surface area contributed by atoms with Gasteiger partial charge in [-0.1, -0.05) is 29.8 Å². The molecule has 0 saturated carbocycles. The fraction of sp³-hybridized carbons (Fsp3) is 0.150. The fourth-order valence-corrected chi connectivity index (χ4v) is 3.64. The first-order chi connectivity index (χ1) is 14.2. The number of esters is 1. The molecule has 0 aliphatic carbocycles. The second-order valence-electron chi connectivity index (χ2n) is 6.11. The number of carbonyl (C=O) groups excluding carboxylic acids is 1. The van der Waals surface area contributed by atoms with E-state index in [1.54, 1.807) is 38.1 Å². The normalized spacial score (nSPS) is 11.2. The number of aromatic nitrogens is 2. The molecule has 0 radical (unpaired) electrons. The summed E-state index contributed by atoms with van der Waals surface area (Å²) in [6, 6.07) is 13.0. The molecule has 1 heterocycles. The maximum Gasteiger partial charge on any atom is 0.362 e. The quantitative estimate of drug-likeness (QED) is 0.421. The number of aryl methyl sites for hydroxylation is 1. The highest BCUT2D eigenvalue weighted by atomic mass is 35.5. The summed E-state index contributed by atoms with van der Waals surface area (Å²) in [5, 5.41) is 4.37. The second-order valence-corrected chi connectivity index (χ2v) is 8.09. The third-order valence-corrected chi connectivity index (χ3v) is 5.51. The molecule has 1 aromatic heterocycles. The third kappa shape index (κ3) is 4.52. The van der Waals surface area contributed by atoms with Gasteiger partial charge in [0.05, 0.1) is 18.4 Å². The predicted molar refractivity (Wildman–Crippen MR) is 110 cm³/mol. The first-order valence-corrected chi connectivity index (χ1v) is 10.6. The lowest BCUT2D eigenvalue weighted by Gasteiger charge is -2.13. The van der Waals surface area contributed by atoms with E-state index in [-0.39, 0.29) is 11.5 Å². The topological polar surface area (TPSA) is 105 Å². The molecule has 0 unspecified atom stereocenters. The molecule has 3 aromatic rings. The maximum atomic E-state index is 12.6. The van der Waals surface area contributed by atoms with E-state index < -0.39 is 33.1 Å². The van der Waals surface area contributed by atoms with Crippen molar-refractivity contribution >= 4 is 27.7 Å². The number of carbonyl (C=O) groups is 1. The van der Waals surface area contributed by atoms with Crippen molar-refractivity contribution in [2.75, 3.05) is 6.61 Å². The van der Waals surface area contributed by atoms with Crippen molar-refractivity contribution in [1.29, 1.82) is 0 Å².